The Morgan fingerprint density at radius 1 is 0.577 bits per heavy atom. The van der Waals surface area contributed by atoms with E-state index in [1.807, 2.05) is 0 Å². The third-order valence-electron chi connectivity index (χ3n) is 10.8. The maximum Gasteiger partial charge on any atom is -0.0312 e. The molecular formula is C26H46. The number of rotatable bonds is 7. The number of hydrogen-bond acceptors (Lipinski definition) is 0. The minimum Gasteiger partial charge on any atom is -0.0654 e. The van der Waals surface area contributed by atoms with Crippen LogP contribution >= 0.6 is 0 Å². The molecule has 0 spiro atoms. The van der Waals surface area contributed by atoms with Crippen LogP contribution in [0.15, 0.2) is 0 Å². The average Bonchev–Trinajstić information content (AvgIpc) is 2.75. The highest BCUT2D eigenvalue weighted by atomic mass is 14.8. The van der Waals surface area contributed by atoms with Gasteiger partial charge in [0.1, 0.15) is 0 Å². The predicted octanol–water partition coefficient (Wildman–Crippen LogP) is 7.39. The van der Waals surface area contributed by atoms with E-state index in [2.05, 4.69) is 55.4 Å². The first-order valence-corrected chi connectivity index (χ1v) is 12.4. The molecule has 0 heteroatoms. The lowest BCUT2D eigenvalue weighted by molar-refractivity contribution is -0.235. The van der Waals surface area contributed by atoms with Crippen LogP contribution < -0.4 is 0 Å². The Bertz CT molecular complexity index is 508. The van der Waals surface area contributed by atoms with E-state index in [4.69, 9.17) is 0 Å². The van der Waals surface area contributed by atoms with Gasteiger partial charge in [0.2, 0.25) is 0 Å². The van der Waals surface area contributed by atoms with Crippen molar-refractivity contribution in [2.24, 2.45) is 82.9 Å². The smallest absolute Gasteiger partial charge is 0.0312 e. The standard InChI is InChI=1S/C26H46/c1-9-11-13(3)15(5)20-17(7)22-25(20)23-18(8)21-16(6)19(14(4)12-10-2)24(21)26(22)23/h13-26H,9-12H2,1-8H3. The van der Waals surface area contributed by atoms with Crippen LogP contribution in [0.5, 0.6) is 0 Å². The third kappa shape index (κ3) is 2.32. The molecule has 4 saturated carbocycles. The van der Waals surface area contributed by atoms with E-state index >= 15 is 0 Å². The predicted molar refractivity (Wildman–Crippen MR) is 113 cm³/mol. The zero-order valence-electron chi connectivity index (χ0n) is 18.9. The molecule has 150 valence electrons. The summed E-state index contributed by atoms with van der Waals surface area (Å²) < 4.78 is 0. The van der Waals surface area contributed by atoms with Crippen molar-refractivity contribution in [2.75, 3.05) is 0 Å². The van der Waals surface area contributed by atoms with E-state index in [0.29, 0.717) is 0 Å². The van der Waals surface area contributed by atoms with Gasteiger partial charge in [0.15, 0.2) is 0 Å². The van der Waals surface area contributed by atoms with Gasteiger partial charge in [-0.2, -0.15) is 0 Å². The molecular weight excluding hydrogens is 312 g/mol. The molecule has 0 nitrogen and oxygen atoms in total. The molecule has 0 aliphatic heterocycles. The maximum absolute atomic E-state index is 2.66. The van der Waals surface area contributed by atoms with Crippen molar-refractivity contribution in [3.8, 4) is 0 Å². The number of fused-ring (bicyclic) bond motifs is 6. The minimum absolute atomic E-state index is 0.928. The molecule has 0 amide bonds. The Kier molecular flexibility index (Phi) is 5.06. The fraction of sp³-hybridized carbons (Fsp3) is 1.00. The lowest BCUT2D eigenvalue weighted by Crippen LogP contribution is -2.67. The largest absolute Gasteiger partial charge is 0.0654 e. The van der Waals surface area contributed by atoms with Crippen molar-refractivity contribution >= 4 is 0 Å². The van der Waals surface area contributed by atoms with Crippen LogP contribution in [0.25, 0.3) is 0 Å². The molecule has 0 aromatic carbocycles. The number of hydrogen-bond donors (Lipinski definition) is 0. The van der Waals surface area contributed by atoms with Crippen molar-refractivity contribution in [1.29, 1.82) is 0 Å². The van der Waals surface area contributed by atoms with Gasteiger partial charge < -0.3 is 0 Å². The summed E-state index contributed by atoms with van der Waals surface area (Å²) in [7, 11) is 0. The topological polar surface area (TPSA) is 0 Å². The minimum atomic E-state index is 0.928. The van der Waals surface area contributed by atoms with Crippen molar-refractivity contribution in [1.82, 2.24) is 0 Å². The normalized spacial score (nSPS) is 54.7. The zero-order chi connectivity index (χ0) is 18.9. The highest BCUT2D eigenvalue weighted by Gasteiger charge is 2.76. The van der Waals surface area contributed by atoms with Crippen molar-refractivity contribution in [3.05, 3.63) is 0 Å². The molecule has 0 aromatic rings. The summed E-state index contributed by atoms with van der Waals surface area (Å²) in [5, 5.41) is 0. The molecule has 26 heavy (non-hydrogen) atoms. The van der Waals surface area contributed by atoms with Crippen molar-refractivity contribution < 1.29 is 0 Å². The zero-order valence-corrected chi connectivity index (χ0v) is 18.9. The average molecular weight is 359 g/mol. The van der Waals surface area contributed by atoms with Crippen LogP contribution in [-0.2, 0) is 0 Å². The molecule has 4 aliphatic rings. The lowest BCUT2D eigenvalue weighted by Gasteiger charge is -2.70. The molecule has 4 aliphatic carbocycles. The van der Waals surface area contributed by atoms with Crippen molar-refractivity contribution in [2.45, 2.75) is 81.1 Å². The summed E-state index contributed by atoms with van der Waals surface area (Å²) in [5.41, 5.74) is 0. The van der Waals surface area contributed by atoms with Gasteiger partial charge in [0.25, 0.3) is 0 Å². The fourth-order valence-electron chi connectivity index (χ4n) is 9.91. The SMILES string of the molecule is CCCC(C)C(C)C1C(C)C2C1C1C(C)C3C(C)C(C(C)CCC)C3C21. The molecule has 14 unspecified atom stereocenters. The third-order valence-corrected chi connectivity index (χ3v) is 10.8. The fourth-order valence-corrected chi connectivity index (χ4v) is 9.91. The molecule has 0 bridgehead atoms. The Hall–Kier alpha value is 0. The van der Waals surface area contributed by atoms with E-state index in [1.54, 1.807) is 0 Å². The van der Waals surface area contributed by atoms with Crippen LogP contribution in [0.4, 0.5) is 0 Å². The van der Waals surface area contributed by atoms with Crippen LogP contribution in [0.3, 0.4) is 0 Å². The summed E-state index contributed by atoms with van der Waals surface area (Å²) in [6.07, 6.45) is 5.64. The van der Waals surface area contributed by atoms with Gasteiger partial charge in [-0.15, -0.1) is 0 Å². The monoisotopic (exact) mass is 358 g/mol. The second-order valence-electron chi connectivity index (χ2n) is 11.6. The summed E-state index contributed by atoms with van der Waals surface area (Å²) >= 11 is 0. The van der Waals surface area contributed by atoms with Crippen LogP contribution in [0.1, 0.15) is 81.1 Å². The van der Waals surface area contributed by atoms with Gasteiger partial charge in [0.05, 0.1) is 0 Å². The molecule has 0 heterocycles. The van der Waals surface area contributed by atoms with Crippen LogP contribution in [-0.4, -0.2) is 0 Å². The second kappa shape index (κ2) is 6.81. The Balaban J connectivity index is 1.50. The lowest BCUT2D eigenvalue weighted by atomic mass is 9.34. The highest BCUT2D eigenvalue weighted by molar-refractivity contribution is 5.23. The molecule has 4 rings (SSSR count). The Morgan fingerprint density at radius 2 is 1.12 bits per heavy atom. The molecule has 14 atom stereocenters. The van der Waals surface area contributed by atoms with Gasteiger partial charge in [-0.1, -0.05) is 81.1 Å². The molecule has 0 N–H and O–H groups in total. The van der Waals surface area contributed by atoms with Gasteiger partial charge >= 0.3 is 0 Å². The van der Waals surface area contributed by atoms with Gasteiger partial charge in [-0.25, -0.2) is 0 Å². The Labute approximate surface area is 164 Å². The summed E-state index contributed by atoms with van der Waals surface area (Å²) in [6.45, 7) is 20.4. The van der Waals surface area contributed by atoms with E-state index in [-0.39, 0.29) is 0 Å². The first kappa shape index (κ1) is 19.3. The quantitative estimate of drug-likeness (QED) is 0.445. The molecule has 0 aromatic heterocycles. The Morgan fingerprint density at radius 3 is 1.73 bits per heavy atom. The molecule has 0 saturated heterocycles. The second-order valence-corrected chi connectivity index (χ2v) is 11.6. The van der Waals surface area contributed by atoms with E-state index < -0.39 is 0 Å². The summed E-state index contributed by atoms with van der Waals surface area (Å²) in [6, 6.07) is 0. The first-order chi connectivity index (χ1) is 12.4. The van der Waals surface area contributed by atoms with Crippen LogP contribution in [0, 0.1) is 82.9 Å². The van der Waals surface area contributed by atoms with Gasteiger partial charge in [-0.05, 0) is 82.9 Å². The summed E-state index contributed by atoms with van der Waals surface area (Å²) in [4.78, 5) is 0. The highest BCUT2D eigenvalue weighted by Crippen LogP contribution is 2.80. The molecule has 0 radical (unpaired) electrons. The molecule has 4 fully saturated rings. The van der Waals surface area contributed by atoms with E-state index in [1.165, 1.54) is 25.7 Å². The van der Waals surface area contributed by atoms with E-state index in [0.717, 1.165) is 82.9 Å². The van der Waals surface area contributed by atoms with Crippen molar-refractivity contribution in [3.63, 3.8) is 0 Å². The maximum atomic E-state index is 2.66. The van der Waals surface area contributed by atoms with Gasteiger partial charge in [-0.3, -0.25) is 0 Å². The van der Waals surface area contributed by atoms with E-state index in [9.17, 15) is 0 Å². The van der Waals surface area contributed by atoms with Gasteiger partial charge in [0, 0.05) is 0 Å². The summed E-state index contributed by atoms with van der Waals surface area (Å²) in [5.74, 6) is 14.6. The van der Waals surface area contributed by atoms with Crippen LogP contribution in [0.2, 0.25) is 0 Å². The first-order valence-electron chi connectivity index (χ1n) is 12.4.